The third kappa shape index (κ3) is 4.63. The van der Waals surface area contributed by atoms with Crippen LogP contribution in [-0.4, -0.2) is 74.5 Å². The predicted octanol–water partition coefficient (Wildman–Crippen LogP) is 7.15. The van der Waals surface area contributed by atoms with Gasteiger partial charge in [0, 0.05) is 6.42 Å². The average Bonchev–Trinajstić information content (AvgIpc) is 2.57. The summed E-state index contributed by atoms with van der Waals surface area (Å²) in [5.74, 6) is -55.8. The van der Waals surface area contributed by atoms with Gasteiger partial charge < -0.3 is 4.57 Å². The molecule has 0 atom stereocenters. The van der Waals surface area contributed by atoms with Crippen LogP contribution in [0, 0.1) is 0 Å². The van der Waals surface area contributed by atoms with Gasteiger partial charge >= 0.3 is 47.6 Å². The van der Waals surface area contributed by atoms with Gasteiger partial charge in [-0.2, -0.15) is 74.6 Å². The van der Waals surface area contributed by atoms with Crippen LogP contribution in [0.3, 0.4) is 0 Å². The molecule has 0 aromatic rings. The topological polar surface area (TPSA) is 3.24 Å². The smallest absolute Gasteiger partial charge is 0.329 e. The summed E-state index contributed by atoms with van der Waals surface area (Å²) in [7, 11) is -0.630. The molecule has 0 aliphatic heterocycles. The molecule has 1 nitrogen and oxygen atoms in total. The molecule has 0 bridgehead atoms. The Balaban J connectivity index is 6.53. The Morgan fingerprint density at radius 1 is 0.485 bits per heavy atom. The molecule has 19 heteroatoms. The van der Waals surface area contributed by atoms with Gasteiger partial charge in [-0.15, -0.1) is 0 Å². The summed E-state index contributed by atoms with van der Waals surface area (Å²) in [6.07, 6.45) is -10.1. The summed E-state index contributed by atoms with van der Waals surface area (Å²) < 4.78 is 225. The molecule has 0 spiro atoms. The highest BCUT2D eigenvalue weighted by molar-refractivity contribution is 6.74. The summed E-state index contributed by atoms with van der Waals surface area (Å²) in [6.45, 7) is 2.39. The van der Waals surface area contributed by atoms with Gasteiger partial charge in [0.1, 0.15) is 8.24 Å². The van der Waals surface area contributed by atoms with Gasteiger partial charge in [0.15, 0.2) is 0 Å². The molecule has 0 saturated carbocycles. The maximum atomic E-state index is 13.8. The van der Waals surface area contributed by atoms with Gasteiger partial charge in [-0.1, -0.05) is 13.1 Å². The van der Waals surface area contributed by atoms with Crippen molar-refractivity contribution >= 4 is 8.24 Å². The second kappa shape index (κ2) is 8.29. The molecular formula is C14H16F17NSi. The highest BCUT2D eigenvalue weighted by atomic mass is 28.3. The zero-order valence-corrected chi connectivity index (χ0v) is 17.8. The van der Waals surface area contributed by atoms with Crippen LogP contribution < -0.4 is 0 Å². The van der Waals surface area contributed by atoms with E-state index in [-0.39, 0.29) is 0 Å². The number of halogens is 17. The van der Waals surface area contributed by atoms with Crippen molar-refractivity contribution in [2.24, 2.45) is 0 Å². The summed E-state index contributed by atoms with van der Waals surface area (Å²) >= 11 is 0. The van der Waals surface area contributed by atoms with E-state index in [0.29, 0.717) is 0 Å². The average molecular weight is 549 g/mol. The van der Waals surface area contributed by atoms with Gasteiger partial charge in [0.25, 0.3) is 0 Å². The molecular weight excluding hydrogens is 533 g/mol. The Kier molecular flexibility index (Phi) is 8.03. The van der Waals surface area contributed by atoms with Crippen molar-refractivity contribution < 1.29 is 74.6 Å². The minimum absolute atomic E-state index is 1.07. The molecule has 33 heavy (non-hydrogen) atoms. The molecule has 0 N–H and O–H groups in total. The molecule has 0 heterocycles. The largest absolute Gasteiger partial charge is 0.460 e. The first-order valence-corrected chi connectivity index (χ1v) is 11.4. The van der Waals surface area contributed by atoms with Crippen molar-refractivity contribution in [2.75, 3.05) is 14.1 Å². The van der Waals surface area contributed by atoms with Crippen molar-refractivity contribution in [3.05, 3.63) is 0 Å². The summed E-state index contributed by atoms with van der Waals surface area (Å²) in [4.78, 5) is 0. The second-order valence-corrected chi connectivity index (χ2v) is 12.9. The number of alkyl halides is 17. The van der Waals surface area contributed by atoms with E-state index in [1.165, 1.54) is 31.8 Å². The van der Waals surface area contributed by atoms with Crippen LogP contribution >= 0.6 is 0 Å². The number of hydrogen-bond acceptors (Lipinski definition) is 1. The first kappa shape index (κ1) is 32.0. The lowest BCUT2D eigenvalue weighted by atomic mass is 9.88. The Bertz CT molecular complexity index is 694. The maximum absolute atomic E-state index is 13.8. The van der Waals surface area contributed by atoms with E-state index in [4.69, 9.17) is 0 Å². The predicted molar refractivity (Wildman–Crippen MR) is 81.3 cm³/mol. The van der Waals surface area contributed by atoms with Crippen molar-refractivity contribution in [1.29, 1.82) is 0 Å². The van der Waals surface area contributed by atoms with Crippen molar-refractivity contribution in [3.63, 3.8) is 0 Å². The molecule has 0 amide bonds. The van der Waals surface area contributed by atoms with Gasteiger partial charge in [0.05, 0.1) is 0 Å². The first-order chi connectivity index (χ1) is 13.9. The van der Waals surface area contributed by atoms with E-state index in [1.807, 2.05) is 0 Å². The third-order valence-electron chi connectivity index (χ3n) is 5.05. The standard InChI is InChI=1S/C14H16F17NSi/c1-32(2)33(3,4)6-5-7(15,16)8(17,18)9(19,20)10(21,22)11(23,24)12(25,26)13(27,28)14(29,30)31/h5-6H2,1-4H3. The molecule has 0 aliphatic carbocycles. The molecule has 0 unspecified atom stereocenters. The highest BCUT2D eigenvalue weighted by Gasteiger charge is 2.95. The van der Waals surface area contributed by atoms with Gasteiger partial charge in [0.2, 0.25) is 0 Å². The fourth-order valence-electron chi connectivity index (χ4n) is 2.04. The molecule has 0 aromatic heterocycles. The van der Waals surface area contributed by atoms with Crippen LogP contribution in [0.25, 0.3) is 0 Å². The van der Waals surface area contributed by atoms with Crippen molar-refractivity contribution in [3.8, 4) is 0 Å². The number of rotatable bonds is 10. The van der Waals surface area contributed by atoms with Gasteiger partial charge in [-0.25, -0.2) is 0 Å². The van der Waals surface area contributed by atoms with Gasteiger partial charge in [-0.3, -0.25) is 0 Å². The SMILES string of the molecule is CN(C)[Si](C)(C)CCC(F)(F)C(F)(F)C(F)(F)C(F)(F)C(F)(F)C(F)(F)C(F)(F)C(F)(F)F. The number of hydrogen-bond donors (Lipinski definition) is 0. The molecule has 0 aromatic carbocycles. The summed E-state index contributed by atoms with van der Waals surface area (Å²) in [5, 5.41) is 0. The van der Waals surface area contributed by atoms with Gasteiger partial charge in [-0.05, 0) is 20.1 Å². The van der Waals surface area contributed by atoms with Crippen LogP contribution in [0.4, 0.5) is 74.6 Å². The number of nitrogens with zero attached hydrogens (tertiary/aromatic N) is 1. The molecule has 200 valence electrons. The first-order valence-electron chi connectivity index (χ1n) is 8.29. The second-order valence-electron chi connectivity index (χ2n) is 7.86. The van der Waals surface area contributed by atoms with E-state index in [1.54, 1.807) is 0 Å². The minimum atomic E-state index is -8.58. The fraction of sp³-hybridized carbons (Fsp3) is 1.00. The molecule has 0 fully saturated rings. The summed E-state index contributed by atoms with van der Waals surface area (Å²) in [5.41, 5.74) is 0. The summed E-state index contributed by atoms with van der Waals surface area (Å²) in [6, 6.07) is -1.07. The van der Waals surface area contributed by atoms with Crippen LogP contribution in [0.2, 0.25) is 19.1 Å². The quantitative estimate of drug-likeness (QED) is 0.207. The lowest BCUT2D eigenvalue weighted by Gasteiger charge is -2.43. The molecule has 0 saturated heterocycles. The maximum Gasteiger partial charge on any atom is 0.460 e. The molecule has 0 rings (SSSR count). The normalized spacial score (nSPS) is 16.5. The zero-order valence-electron chi connectivity index (χ0n) is 16.8. The third-order valence-corrected chi connectivity index (χ3v) is 8.94. The van der Waals surface area contributed by atoms with E-state index in [2.05, 4.69) is 0 Å². The Morgan fingerprint density at radius 2 is 0.758 bits per heavy atom. The highest BCUT2D eigenvalue weighted by Crippen LogP contribution is 2.64. The Labute approximate surface area is 176 Å². The lowest BCUT2D eigenvalue weighted by molar-refractivity contribution is -0.461. The van der Waals surface area contributed by atoms with Crippen molar-refractivity contribution in [1.82, 2.24) is 4.57 Å². The van der Waals surface area contributed by atoms with E-state index in [9.17, 15) is 74.6 Å². The van der Waals surface area contributed by atoms with Crippen LogP contribution in [0.5, 0.6) is 0 Å². The van der Waals surface area contributed by atoms with Crippen LogP contribution in [0.15, 0.2) is 0 Å². The Morgan fingerprint density at radius 3 is 1.03 bits per heavy atom. The van der Waals surface area contributed by atoms with Crippen LogP contribution in [0.1, 0.15) is 6.42 Å². The van der Waals surface area contributed by atoms with E-state index in [0.717, 1.165) is 0 Å². The molecule has 0 aliphatic rings. The minimum Gasteiger partial charge on any atom is -0.329 e. The van der Waals surface area contributed by atoms with Crippen LogP contribution in [-0.2, 0) is 0 Å². The van der Waals surface area contributed by atoms with E-state index < -0.39 is 68.3 Å². The van der Waals surface area contributed by atoms with E-state index >= 15 is 0 Å². The van der Waals surface area contributed by atoms with Crippen molar-refractivity contribution in [2.45, 2.75) is 73.2 Å². The zero-order chi connectivity index (χ0) is 27.5. The fourth-order valence-corrected chi connectivity index (χ4v) is 3.41. The lowest BCUT2D eigenvalue weighted by Crippen LogP contribution is -2.74. The molecule has 0 radical (unpaired) electrons. The Hall–Kier alpha value is -1.01. The monoisotopic (exact) mass is 549 g/mol.